The van der Waals surface area contributed by atoms with Crippen molar-refractivity contribution in [3.63, 3.8) is 0 Å². The summed E-state index contributed by atoms with van der Waals surface area (Å²) in [6, 6.07) is 10.9. The van der Waals surface area contributed by atoms with Gasteiger partial charge in [0.05, 0.1) is 6.61 Å². The first kappa shape index (κ1) is 17.7. The summed E-state index contributed by atoms with van der Waals surface area (Å²) in [5, 5.41) is 0. The predicted octanol–water partition coefficient (Wildman–Crippen LogP) is 4.31. The van der Waals surface area contributed by atoms with Crippen LogP contribution in [0.5, 0.6) is 0 Å². The minimum Gasteiger partial charge on any atom is -0.419 e. The summed E-state index contributed by atoms with van der Waals surface area (Å²) in [5.41, 5.74) is 8.39. The van der Waals surface area contributed by atoms with Gasteiger partial charge in [0.25, 0.3) is 0 Å². The number of benzene rings is 1. The van der Waals surface area contributed by atoms with Crippen molar-refractivity contribution in [2.75, 3.05) is 6.61 Å². The molecule has 1 aliphatic rings. The smallest absolute Gasteiger partial charge is 0.170 e. The van der Waals surface area contributed by atoms with Crippen LogP contribution in [0.25, 0.3) is 0 Å². The van der Waals surface area contributed by atoms with E-state index in [1.165, 1.54) is 18.4 Å². The van der Waals surface area contributed by atoms with Gasteiger partial charge >= 0.3 is 0 Å². The second-order valence-corrected chi connectivity index (χ2v) is 10.8. The lowest BCUT2D eigenvalue weighted by molar-refractivity contribution is 0.0585. The highest BCUT2D eigenvalue weighted by molar-refractivity contribution is 6.48. The van der Waals surface area contributed by atoms with E-state index in [9.17, 15) is 0 Å². The van der Waals surface area contributed by atoms with E-state index in [-0.39, 0.29) is 11.0 Å². The molecule has 0 bridgehead atoms. The molecule has 0 spiro atoms. The molecule has 0 unspecified atom stereocenters. The Morgan fingerprint density at radius 2 is 1.86 bits per heavy atom. The zero-order chi connectivity index (χ0) is 16.4. The third kappa shape index (κ3) is 4.00. The van der Waals surface area contributed by atoms with Gasteiger partial charge in [-0.1, -0.05) is 57.5 Å². The standard InChI is InChI=1S/C19H33NOSi/c1-18(2,3)16-12-9-13-19(20,14-21-22(4)5)17(16)15-10-7-6-8-11-15/h6-8,10-11,16-17,22H,9,12-14,20H2,1-5H3/t16-,17+,19+/m1/s1. The van der Waals surface area contributed by atoms with E-state index >= 15 is 0 Å². The van der Waals surface area contributed by atoms with Crippen molar-refractivity contribution >= 4 is 9.04 Å². The van der Waals surface area contributed by atoms with E-state index < -0.39 is 9.04 Å². The third-order valence-corrected chi connectivity index (χ3v) is 5.97. The fraction of sp³-hybridized carbons (Fsp3) is 0.684. The van der Waals surface area contributed by atoms with Gasteiger partial charge in [-0.15, -0.1) is 0 Å². The van der Waals surface area contributed by atoms with Crippen LogP contribution in [-0.4, -0.2) is 21.2 Å². The third-order valence-electron chi connectivity index (χ3n) is 5.14. The van der Waals surface area contributed by atoms with E-state index in [4.69, 9.17) is 10.2 Å². The fourth-order valence-electron chi connectivity index (χ4n) is 4.02. The Morgan fingerprint density at radius 1 is 1.23 bits per heavy atom. The van der Waals surface area contributed by atoms with Gasteiger partial charge in [0.2, 0.25) is 0 Å². The van der Waals surface area contributed by atoms with Gasteiger partial charge < -0.3 is 10.2 Å². The summed E-state index contributed by atoms with van der Waals surface area (Å²) in [5.74, 6) is 0.987. The van der Waals surface area contributed by atoms with Gasteiger partial charge in [-0.2, -0.15) is 0 Å². The Morgan fingerprint density at radius 3 is 2.41 bits per heavy atom. The maximum Gasteiger partial charge on any atom is 0.170 e. The Labute approximate surface area is 138 Å². The molecule has 3 atom stereocenters. The van der Waals surface area contributed by atoms with E-state index in [0.717, 1.165) is 6.42 Å². The lowest BCUT2D eigenvalue weighted by Gasteiger charge is -2.51. The van der Waals surface area contributed by atoms with Crippen molar-refractivity contribution in [3.05, 3.63) is 35.9 Å². The Hall–Kier alpha value is -0.643. The number of nitrogens with two attached hydrogens (primary N) is 1. The second kappa shape index (κ2) is 6.86. The summed E-state index contributed by atoms with van der Waals surface area (Å²) >= 11 is 0. The maximum absolute atomic E-state index is 6.97. The summed E-state index contributed by atoms with van der Waals surface area (Å²) < 4.78 is 6.11. The molecule has 0 radical (unpaired) electrons. The molecule has 1 aromatic rings. The Balaban J connectivity index is 2.38. The predicted molar refractivity (Wildman–Crippen MR) is 97.7 cm³/mol. The monoisotopic (exact) mass is 319 g/mol. The topological polar surface area (TPSA) is 35.2 Å². The van der Waals surface area contributed by atoms with Crippen molar-refractivity contribution in [2.45, 2.75) is 64.6 Å². The molecule has 1 fully saturated rings. The van der Waals surface area contributed by atoms with Crippen LogP contribution >= 0.6 is 0 Å². The zero-order valence-corrected chi connectivity index (χ0v) is 16.1. The van der Waals surface area contributed by atoms with Gasteiger partial charge in [0, 0.05) is 11.5 Å². The zero-order valence-electron chi connectivity index (χ0n) is 14.9. The number of hydrogen-bond donors (Lipinski definition) is 1. The molecule has 3 heteroatoms. The molecule has 0 aromatic heterocycles. The van der Waals surface area contributed by atoms with Crippen molar-refractivity contribution < 1.29 is 4.43 Å². The van der Waals surface area contributed by atoms with E-state index in [0.29, 0.717) is 18.4 Å². The fourth-order valence-corrected chi connectivity index (χ4v) is 4.66. The lowest BCUT2D eigenvalue weighted by atomic mass is 9.58. The highest BCUT2D eigenvalue weighted by Crippen LogP contribution is 2.50. The largest absolute Gasteiger partial charge is 0.419 e. The molecule has 22 heavy (non-hydrogen) atoms. The Bertz CT molecular complexity index is 468. The van der Waals surface area contributed by atoms with Crippen LogP contribution in [0.15, 0.2) is 30.3 Å². The van der Waals surface area contributed by atoms with Crippen molar-refractivity contribution in [1.29, 1.82) is 0 Å². The van der Waals surface area contributed by atoms with Gasteiger partial charge in [-0.3, -0.25) is 0 Å². The molecule has 0 amide bonds. The van der Waals surface area contributed by atoms with Crippen molar-refractivity contribution in [3.8, 4) is 0 Å². The molecule has 2 nitrogen and oxygen atoms in total. The average molecular weight is 320 g/mol. The molecule has 124 valence electrons. The SMILES string of the molecule is C[SiH](C)OC[C@@]1(N)CCC[C@@H](C(C)(C)C)[C@@H]1c1ccccc1. The molecular formula is C19H33NOSi. The first-order chi connectivity index (χ1) is 10.2. The Kier molecular flexibility index (Phi) is 5.52. The second-order valence-electron chi connectivity index (χ2n) is 8.35. The first-order valence-electron chi connectivity index (χ1n) is 8.69. The lowest BCUT2D eigenvalue weighted by Crippen LogP contribution is -2.56. The van der Waals surface area contributed by atoms with Crippen LogP contribution in [0, 0.1) is 11.3 Å². The quantitative estimate of drug-likeness (QED) is 0.839. The molecule has 0 saturated heterocycles. The summed E-state index contributed by atoms with van der Waals surface area (Å²) in [4.78, 5) is 0. The van der Waals surface area contributed by atoms with E-state index in [1.807, 2.05) is 0 Å². The molecule has 2 rings (SSSR count). The highest BCUT2D eigenvalue weighted by Gasteiger charge is 2.47. The molecule has 1 saturated carbocycles. The van der Waals surface area contributed by atoms with Crippen molar-refractivity contribution in [2.24, 2.45) is 17.1 Å². The van der Waals surface area contributed by atoms with Crippen LogP contribution in [-0.2, 0) is 4.43 Å². The maximum atomic E-state index is 6.97. The molecule has 1 aliphatic carbocycles. The van der Waals surface area contributed by atoms with E-state index in [1.54, 1.807) is 0 Å². The first-order valence-corrected chi connectivity index (χ1v) is 11.5. The van der Waals surface area contributed by atoms with Crippen LogP contribution < -0.4 is 5.73 Å². The summed E-state index contributed by atoms with van der Waals surface area (Å²) in [6.45, 7) is 12.2. The average Bonchev–Trinajstić information content (AvgIpc) is 2.45. The highest BCUT2D eigenvalue weighted by atomic mass is 28.3. The van der Waals surface area contributed by atoms with Crippen LogP contribution in [0.2, 0.25) is 13.1 Å². The molecule has 2 N–H and O–H groups in total. The molecule has 0 aliphatic heterocycles. The summed E-state index contributed by atoms with van der Waals surface area (Å²) in [7, 11) is -1.05. The van der Waals surface area contributed by atoms with Crippen LogP contribution in [0.3, 0.4) is 0 Å². The number of hydrogen-bond acceptors (Lipinski definition) is 2. The van der Waals surface area contributed by atoms with Gasteiger partial charge in [0.1, 0.15) is 0 Å². The van der Waals surface area contributed by atoms with Gasteiger partial charge in [-0.25, -0.2) is 0 Å². The molecular weight excluding hydrogens is 286 g/mol. The molecule has 0 heterocycles. The minimum absolute atomic E-state index is 0.227. The summed E-state index contributed by atoms with van der Waals surface area (Å²) in [6.07, 6.45) is 3.55. The number of rotatable bonds is 4. The van der Waals surface area contributed by atoms with Crippen LogP contribution in [0.1, 0.15) is 51.5 Å². The van der Waals surface area contributed by atoms with Crippen molar-refractivity contribution in [1.82, 2.24) is 0 Å². The van der Waals surface area contributed by atoms with Crippen LogP contribution in [0.4, 0.5) is 0 Å². The minimum atomic E-state index is -1.05. The van der Waals surface area contributed by atoms with E-state index in [2.05, 4.69) is 64.2 Å². The normalized spacial score (nSPS) is 29.8. The molecule has 1 aromatic carbocycles. The van der Waals surface area contributed by atoms with Gasteiger partial charge in [0.15, 0.2) is 9.04 Å². The van der Waals surface area contributed by atoms with Gasteiger partial charge in [-0.05, 0) is 42.8 Å².